The van der Waals surface area contributed by atoms with E-state index in [0.717, 1.165) is 0 Å². The van der Waals surface area contributed by atoms with E-state index in [0.29, 0.717) is 16.6 Å². The molecule has 1 aromatic carbocycles. The van der Waals surface area contributed by atoms with E-state index in [4.69, 9.17) is 0 Å². The van der Waals surface area contributed by atoms with Gasteiger partial charge in [-0.3, -0.25) is 4.79 Å². The van der Waals surface area contributed by atoms with Crippen LogP contribution in [0.1, 0.15) is 23.0 Å². The van der Waals surface area contributed by atoms with Gasteiger partial charge in [-0.1, -0.05) is 12.1 Å². The molecule has 1 heterocycles. The summed E-state index contributed by atoms with van der Waals surface area (Å²) in [4.78, 5) is 15.5. The van der Waals surface area contributed by atoms with E-state index in [-0.39, 0.29) is 11.3 Å². The highest BCUT2D eigenvalue weighted by atomic mass is 19.1. The summed E-state index contributed by atoms with van der Waals surface area (Å²) in [5.41, 5.74) is 1.44. The molecule has 15 heavy (non-hydrogen) atoms. The number of halogens is 1. The molecule has 0 aliphatic rings. The second kappa shape index (κ2) is 3.42. The van der Waals surface area contributed by atoms with Gasteiger partial charge in [0.15, 0.2) is 5.78 Å². The summed E-state index contributed by atoms with van der Waals surface area (Å²) in [7, 11) is 0. The number of aryl methyl sites for hydroxylation is 1. The first kappa shape index (κ1) is 9.77. The SMILES string of the molecule is CC(=O)c1cc(C)nc2c(F)cccc12. The lowest BCUT2D eigenvalue weighted by molar-refractivity contribution is 0.101. The number of fused-ring (bicyclic) bond motifs is 1. The first-order valence-corrected chi connectivity index (χ1v) is 4.66. The molecule has 0 fully saturated rings. The first-order chi connectivity index (χ1) is 7.09. The number of aromatic nitrogens is 1. The minimum Gasteiger partial charge on any atom is -0.294 e. The molecule has 0 unspecified atom stereocenters. The molecule has 2 rings (SSSR count). The van der Waals surface area contributed by atoms with Gasteiger partial charge in [0.05, 0.1) is 0 Å². The van der Waals surface area contributed by atoms with Crippen LogP contribution in [0, 0.1) is 12.7 Å². The summed E-state index contributed by atoms with van der Waals surface area (Å²) in [6.45, 7) is 3.22. The Hall–Kier alpha value is -1.77. The number of rotatable bonds is 1. The maximum Gasteiger partial charge on any atom is 0.160 e. The van der Waals surface area contributed by atoms with Gasteiger partial charge in [0.25, 0.3) is 0 Å². The van der Waals surface area contributed by atoms with Crippen molar-refractivity contribution >= 4 is 16.7 Å². The molecule has 2 aromatic rings. The van der Waals surface area contributed by atoms with Gasteiger partial charge < -0.3 is 0 Å². The standard InChI is InChI=1S/C12H10FNO/c1-7-6-10(8(2)15)9-4-3-5-11(13)12(9)14-7/h3-6H,1-2H3. The van der Waals surface area contributed by atoms with Gasteiger partial charge in [-0.15, -0.1) is 0 Å². The number of carbonyl (C=O) groups excluding carboxylic acids is 1. The van der Waals surface area contributed by atoms with Crippen molar-refractivity contribution in [2.75, 3.05) is 0 Å². The maximum absolute atomic E-state index is 13.4. The predicted octanol–water partition coefficient (Wildman–Crippen LogP) is 2.88. The van der Waals surface area contributed by atoms with Crippen LogP contribution in [0.25, 0.3) is 10.9 Å². The Labute approximate surface area is 86.8 Å². The summed E-state index contributed by atoms with van der Waals surface area (Å²) in [5.74, 6) is -0.463. The van der Waals surface area contributed by atoms with Crippen LogP contribution < -0.4 is 0 Å². The molecule has 3 heteroatoms. The number of benzene rings is 1. The maximum atomic E-state index is 13.4. The lowest BCUT2D eigenvalue weighted by Gasteiger charge is -2.05. The number of hydrogen-bond donors (Lipinski definition) is 0. The Morgan fingerprint density at radius 2 is 2.13 bits per heavy atom. The molecule has 0 spiro atoms. The molecular formula is C12H10FNO. The Balaban J connectivity index is 2.92. The van der Waals surface area contributed by atoms with Crippen molar-refractivity contribution in [3.05, 3.63) is 41.3 Å². The quantitative estimate of drug-likeness (QED) is 0.667. The Bertz CT molecular complexity index is 549. The number of para-hydroxylation sites is 1. The second-order valence-corrected chi connectivity index (χ2v) is 3.50. The van der Waals surface area contributed by atoms with E-state index in [1.165, 1.54) is 13.0 Å². The highest BCUT2D eigenvalue weighted by Gasteiger charge is 2.10. The summed E-state index contributed by atoms with van der Waals surface area (Å²) in [6, 6.07) is 6.32. The van der Waals surface area contributed by atoms with E-state index in [1.54, 1.807) is 25.1 Å². The molecule has 0 amide bonds. The van der Waals surface area contributed by atoms with Crippen LogP contribution in [0.4, 0.5) is 4.39 Å². The molecule has 0 atom stereocenters. The third kappa shape index (κ3) is 1.61. The van der Waals surface area contributed by atoms with Gasteiger partial charge in [0.1, 0.15) is 11.3 Å². The van der Waals surface area contributed by atoms with E-state index in [9.17, 15) is 9.18 Å². The molecule has 0 aliphatic carbocycles. The Morgan fingerprint density at radius 3 is 2.80 bits per heavy atom. The molecule has 0 bridgehead atoms. The minimum absolute atomic E-state index is 0.0731. The van der Waals surface area contributed by atoms with E-state index in [2.05, 4.69) is 4.98 Å². The number of carbonyl (C=O) groups is 1. The van der Waals surface area contributed by atoms with Gasteiger partial charge in [-0.2, -0.15) is 0 Å². The van der Waals surface area contributed by atoms with Crippen LogP contribution >= 0.6 is 0 Å². The fourth-order valence-electron chi connectivity index (χ4n) is 1.63. The molecule has 0 radical (unpaired) electrons. The largest absolute Gasteiger partial charge is 0.294 e. The molecule has 0 aliphatic heterocycles. The first-order valence-electron chi connectivity index (χ1n) is 4.66. The van der Waals surface area contributed by atoms with Gasteiger partial charge in [0, 0.05) is 16.6 Å². The third-order valence-electron chi connectivity index (χ3n) is 2.30. The Morgan fingerprint density at radius 1 is 1.40 bits per heavy atom. The number of Topliss-reactive ketones (excluding diaryl/α,β-unsaturated/α-hetero) is 1. The van der Waals surface area contributed by atoms with E-state index >= 15 is 0 Å². The number of ketones is 1. The van der Waals surface area contributed by atoms with Gasteiger partial charge >= 0.3 is 0 Å². The molecule has 0 N–H and O–H groups in total. The van der Waals surface area contributed by atoms with Crippen LogP contribution in [0.15, 0.2) is 24.3 Å². The average Bonchev–Trinajstić information content (AvgIpc) is 2.18. The van der Waals surface area contributed by atoms with Crippen molar-refractivity contribution < 1.29 is 9.18 Å². The predicted molar refractivity (Wildman–Crippen MR) is 56.4 cm³/mol. The molecule has 0 saturated carbocycles. The molecule has 2 nitrogen and oxygen atoms in total. The highest BCUT2D eigenvalue weighted by Crippen LogP contribution is 2.21. The van der Waals surface area contributed by atoms with Crippen molar-refractivity contribution in [2.24, 2.45) is 0 Å². The molecule has 76 valence electrons. The zero-order valence-electron chi connectivity index (χ0n) is 8.54. The number of pyridine rings is 1. The average molecular weight is 203 g/mol. The summed E-state index contributed by atoms with van der Waals surface area (Å²) >= 11 is 0. The van der Waals surface area contributed by atoms with Crippen LogP contribution in [0.5, 0.6) is 0 Å². The molecule has 1 aromatic heterocycles. The zero-order chi connectivity index (χ0) is 11.0. The fourth-order valence-corrected chi connectivity index (χ4v) is 1.63. The lowest BCUT2D eigenvalue weighted by atomic mass is 10.0. The van der Waals surface area contributed by atoms with Gasteiger partial charge in [-0.05, 0) is 26.0 Å². The summed E-state index contributed by atoms with van der Waals surface area (Å²) in [5, 5.41) is 0.577. The van der Waals surface area contributed by atoms with E-state index < -0.39 is 5.82 Å². The van der Waals surface area contributed by atoms with Crippen molar-refractivity contribution in [3.8, 4) is 0 Å². The summed E-state index contributed by atoms with van der Waals surface area (Å²) < 4.78 is 13.4. The number of hydrogen-bond acceptors (Lipinski definition) is 2. The van der Waals surface area contributed by atoms with Crippen molar-refractivity contribution in [2.45, 2.75) is 13.8 Å². The van der Waals surface area contributed by atoms with Crippen molar-refractivity contribution in [1.82, 2.24) is 4.98 Å². The topological polar surface area (TPSA) is 30.0 Å². The van der Waals surface area contributed by atoms with Crippen molar-refractivity contribution in [3.63, 3.8) is 0 Å². The third-order valence-corrected chi connectivity index (χ3v) is 2.30. The Kier molecular flexibility index (Phi) is 2.23. The van der Waals surface area contributed by atoms with Crippen LogP contribution in [-0.4, -0.2) is 10.8 Å². The second-order valence-electron chi connectivity index (χ2n) is 3.50. The normalized spacial score (nSPS) is 10.6. The molecule has 0 saturated heterocycles. The summed E-state index contributed by atoms with van der Waals surface area (Å²) in [6.07, 6.45) is 0. The van der Waals surface area contributed by atoms with Crippen molar-refractivity contribution in [1.29, 1.82) is 0 Å². The smallest absolute Gasteiger partial charge is 0.160 e. The van der Waals surface area contributed by atoms with Crippen LogP contribution in [0.3, 0.4) is 0 Å². The lowest BCUT2D eigenvalue weighted by Crippen LogP contribution is -1.98. The van der Waals surface area contributed by atoms with E-state index in [1.807, 2.05) is 0 Å². The van der Waals surface area contributed by atoms with Crippen LogP contribution in [-0.2, 0) is 0 Å². The van der Waals surface area contributed by atoms with Crippen LogP contribution in [0.2, 0.25) is 0 Å². The van der Waals surface area contributed by atoms with Gasteiger partial charge in [-0.25, -0.2) is 9.37 Å². The van der Waals surface area contributed by atoms with Gasteiger partial charge in [0.2, 0.25) is 0 Å². The minimum atomic E-state index is -0.390. The zero-order valence-corrected chi connectivity index (χ0v) is 8.54. The highest BCUT2D eigenvalue weighted by molar-refractivity contribution is 6.06. The fraction of sp³-hybridized carbons (Fsp3) is 0.167. The number of nitrogens with zero attached hydrogens (tertiary/aromatic N) is 1. The molecular weight excluding hydrogens is 193 g/mol. The monoisotopic (exact) mass is 203 g/mol.